The van der Waals surface area contributed by atoms with E-state index >= 15 is 0 Å². The highest BCUT2D eigenvalue weighted by atomic mass is 16.6. The van der Waals surface area contributed by atoms with Gasteiger partial charge in [-0.2, -0.15) is 5.26 Å². The quantitative estimate of drug-likeness (QED) is 0.336. The van der Waals surface area contributed by atoms with Gasteiger partial charge >= 0.3 is 5.97 Å². The van der Waals surface area contributed by atoms with Gasteiger partial charge in [-0.3, -0.25) is 4.79 Å². The highest BCUT2D eigenvalue weighted by molar-refractivity contribution is 6.09. The first-order valence-corrected chi connectivity index (χ1v) is 7.61. The molecular weight excluding hydrogens is 318 g/mol. The summed E-state index contributed by atoms with van der Waals surface area (Å²) >= 11 is 0. The Morgan fingerprint density at radius 1 is 1.00 bits per heavy atom. The van der Waals surface area contributed by atoms with E-state index < -0.39 is 5.97 Å². The maximum Gasteiger partial charge on any atom is 0.333 e. The first kappa shape index (κ1) is 18.0. The smallest absolute Gasteiger partial charge is 0.333 e. The normalized spacial score (nSPS) is 9.76. The van der Waals surface area contributed by atoms with Crippen LogP contribution in [0, 0.1) is 11.3 Å². The summed E-state index contributed by atoms with van der Waals surface area (Å²) in [5.74, 6) is -0.0128. The van der Waals surface area contributed by atoms with E-state index in [0.29, 0.717) is 28.0 Å². The van der Waals surface area contributed by atoms with E-state index in [1.54, 1.807) is 55.5 Å². The van der Waals surface area contributed by atoms with Crippen LogP contribution in [0.5, 0.6) is 5.75 Å². The first-order valence-electron chi connectivity index (χ1n) is 7.61. The van der Waals surface area contributed by atoms with Crippen LogP contribution in [0.2, 0.25) is 0 Å². The summed E-state index contributed by atoms with van der Waals surface area (Å²) in [6.45, 7) is 5.40. The fourth-order valence-corrected chi connectivity index (χ4v) is 1.98. The lowest BCUT2D eigenvalue weighted by molar-refractivity contribution is -0.139. The zero-order valence-corrected chi connectivity index (χ0v) is 13.8. The highest BCUT2D eigenvalue weighted by Gasteiger charge is 2.09. The van der Waals surface area contributed by atoms with Crippen molar-refractivity contribution in [2.45, 2.75) is 6.92 Å². The zero-order valence-electron chi connectivity index (χ0n) is 13.8. The molecule has 0 aromatic heterocycles. The summed E-state index contributed by atoms with van der Waals surface area (Å²) in [6.07, 6.45) is 0. The fraction of sp³-hybridized carbons (Fsp3) is 0.150. The number of rotatable bonds is 7. The maximum absolute atomic E-state index is 12.4. The molecule has 0 aliphatic heterocycles. The summed E-state index contributed by atoms with van der Waals surface area (Å²) in [6, 6.07) is 15.2. The van der Waals surface area contributed by atoms with E-state index in [9.17, 15) is 9.59 Å². The van der Waals surface area contributed by atoms with Crippen LogP contribution >= 0.6 is 0 Å². The molecule has 0 aliphatic carbocycles. The topological polar surface area (TPSA) is 76.4 Å². The fourth-order valence-electron chi connectivity index (χ4n) is 1.98. The summed E-state index contributed by atoms with van der Waals surface area (Å²) in [7, 11) is 0. The Labute approximate surface area is 146 Å². The minimum absolute atomic E-state index is 0.123. The molecule has 0 spiro atoms. The van der Waals surface area contributed by atoms with Crippen molar-refractivity contribution < 1.29 is 19.1 Å². The lowest BCUT2D eigenvalue weighted by Gasteiger charge is -2.08. The number of ketones is 1. The molecular formula is C20H17NO4. The Bertz CT molecular complexity index is 814. The summed E-state index contributed by atoms with van der Waals surface area (Å²) in [4.78, 5) is 23.6. The van der Waals surface area contributed by atoms with Crippen molar-refractivity contribution >= 4 is 11.8 Å². The van der Waals surface area contributed by atoms with Crippen LogP contribution in [0.3, 0.4) is 0 Å². The molecule has 0 fully saturated rings. The SMILES string of the molecule is C=C(C)C(=O)OCCOc1ccc(C(=O)c2ccc(C#N)cc2)cc1. The van der Waals surface area contributed by atoms with Crippen molar-refractivity contribution in [3.05, 3.63) is 77.4 Å². The van der Waals surface area contributed by atoms with Gasteiger partial charge in [-0.15, -0.1) is 0 Å². The monoisotopic (exact) mass is 335 g/mol. The molecule has 0 amide bonds. The minimum atomic E-state index is -0.452. The molecule has 0 atom stereocenters. The van der Waals surface area contributed by atoms with Crippen LogP contribution in [0.15, 0.2) is 60.7 Å². The molecule has 2 rings (SSSR count). The molecule has 0 radical (unpaired) electrons. The van der Waals surface area contributed by atoms with Gasteiger partial charge in [0.15, 0.2) is 5.78 Å². The lowest BCUT2D eigenvalue weighted by Crippen LogP contribution is -2.12. The maximum atomic E-state index is 12.4. The number of esters is 1. The average Bonchev–Trinajstić information content (AvgIpc) is 2.65. The van der Waals surface area contributed by atoms with Crippen molar-refractivity contribution in [2.24, 2.45) is 0 Å². The van der Waals surface area contributed by atoms with E-state index in [4.69, 9.17) is 14.7 Å². The van der Waals surface area contributed by atoms with Gasteiger partial charge in [0.1, 0.15) is 19.0 Å². The number of nitrogens with zero attached hydrogens (tertiary/aromatic N) is 1. The molecule has 0 saturated heterocycles. The van der Waals surface area contributed by atoms with Gasteiger partial charge in [0.25, 0.3) is 0 Å². The second-order valence-electron chi connectivity index (χ2n) is 5.31. The number of hydrogen-bond donors (Lipinski definition) is 0. The molecule has 0 heterocycles. The third-order valence-corrected chi connectivity index (χ3v) is 3.33. The van der Waals surface area contributed by atoms with Gasteiger partial charge in [0.2, 0.25) is 0 Å². The molecule has 0 aliphatic rings. The second kappa shape index (κ2) is 8.46. The highest BCUT2D eigenvalue weighted by Crippen LogP contribution is 2.16. The van der Waals surface area contributed by atoms with Gasteiger partial charge in [-0.25, -0.2) is 4.79 Å². The molecule has 5 nitrogen and oxygen atoms in total. The molecule has 2 aromatic carbocycles. The Hall–Kier alpha value is -3.39. The summed E-state index contributed by atoms with van der Waals surface area (Å²) in [5, 5.41) is 8.78. The molecule has 0 N–H and O–H groups in total. The van der Waals surface area contributed by atoms with Crippen LogP contribution in [-0.4, -0.2) is 25.0 Å². The Morgan fingerprint density at radius 2 is 1.56 bits per heavy atom. The van der Waals surface area contributed by atoms with Crippen LogP contribution in [0.4, 0.5) is 0 Å². The average molecular weight is 335 g/mol. The summed E-state index contributed by atoms with van der Waals surface area (Å²) in [5.41, 5.74) is 1.88. The van der Waals surface area contributed by atoms with Crippen LogP contribution < -0.4 is 4.74 Å². The van der Waals surface area contributed by atoms with E-state index in [0.717, 1.165) is 0 Å². The number of hydrogen-bond acceptors (Lipinski definition) is 5. The number of carbonyl (C=O) groups is 2. The van der Waals surface area contributed by atoms with Crippen LogP contribution in [0.1, 0.15) is 28.4 Å². The molecule has 5 heteroatoms. The molecule has 2 aromatic rings. The first-order chi connectivity index (χ1) is 12.0. The zero-order chi connectivity index (χ0) is 18.2. The van der Waals surface area contributed by atoms with Crippen molar-refractivity contribution in [3.8, 4) is 11.8 Å². The summed E-state index contributed by atoms with van der Waals surface area (Å²) < 4.78 is 10.4. The van der Waals surface area contributed by atoms with E-state index in [-0.39, 0.29) is 19.0 Å². The number of carbonyl (C=O) groups excluding carboxylic acids is 2. The second-order valence-corrected chi connectivity index (χ2v) is 5.31. The third-order valence-electron chi connectivity index (χ3n) is 3.33. The molecule has 126 valence electrons. The number of benzene rings is 2. The Kier molecular flexibility index (Phi) is 6.08. The van der Waals surface area contributed by atoms with E-state index in [2.05, 4.69) is 6.58 Å². The molecule has 25 heavy (non-hydrogen) atoms. The minimum Gasteiger partial charge on any atom is -0.490 e. The van der Waals surface area contributed by atoms with Gasteiger partial charge in [0.05, 0.1) is 11.6 Å². The van der Waals surface area contributed by atoms with Crippen molar-refractivity contribution in [1.82, 2.24) is 0 Å². The van der Waals surface area contributed by atoms with Crippen molar-refractivity contribution in [3.63, 3.8) is 0 Å². The Morgan fingerprint density at radius 3 is 2.08 bits per heavy atom. The van der Waals surface area contributed by atoms with Gasteiger partial charge in [-0.1, -0.05) is 6.58 Å². The van der Waals surface area contributed by atoms with Gasteiger partial charge in [0, 0.05) is 16.7 Å². The van der Waals surface area contributed by atoms with Gasteiger partial charge in [-0.05, 0) is 55.5 Å². The third kappa shape index (κ3) is 5.05. The number of ether oxygens (including phenoxy) is 2. The lowest BCUT2D eigenvalue weighted by atomic mass is 10.0. The van der Waals surface area contributed by atoms with Crippen LogP contribution in [0.25, 0.3) is 0 Å². The Balaban J connectivity index is 1.90. The predicted molar refractivity (Wildman–Crippen MR) is 92.3 cm³/mol. The van der Waals surface area contributed by atoms with Crippen molar-refractivity contribution in [2.75, 3.05) is 13.2 Å². The number of nitriles is 1. The molecule has 0 saturated carbocycles. The standard InChI is InChI=1S/C20H17NO4/c1-14(2)20(23)25-12-11-24-18-9-7-17(8-10-18)19(22)16-5-3-15(13-21)4-6-16/h3-10H,1,11-12H2,2H3. The van der Waals surface area contributed by atoms with E-state index in [1.807, 2.05) is 6.07 Å². The largest absolute Gasteiger partial charge is 0.490 e. The molecule has 0 bridgehead atoms. The molecule has 0 unspecified atom stereocenters. The van der Waals surface area contributed by atoms with E-state index in [1.165, 1.54) is 0 Å². The van der Waals surface area contributed by atoms with Gasteiger partial charge < -0.3 is 9.47 Å². The van der Waals surface area contributed by atoms with Crippen LogP contribution in [-0.2, 0) is 9.53 Å². The predicted octanol–water partition coefficient (Wildman–Crippen LogP) is 3.29. The van der Waals surface area contributed by atoms with Crippen molar-refractivity contribution in [1.29, 1.82) is 5.26 Å².